The molecule has 18 heavy (non-hydrogen) atoms. The van der Waals surface area contributed by atoms with Crippen molar-refractivity contribution in [2.45, 2.75) is 6.92 Å². The van der Waals surface area contributed by atoms with Gasteiger partial charge in [-0.05, 0) is 13.0 Å². The van der Waals surface area contributed by atoms with Gasteiger partial charge in [-0.15, -0.1) is 0 Å². The smallest absolute Gasteiger partial charge is 0.272 e. The molecule has 1 aromatic rings. The first-order valence-corrected chi connectivity index (χ1v) is 5.29. The predicted octanol–water partition coefficient (Wildman–Crippen LogP) is -0.346. The molecule has 7 nitrogen and oxygen atoms in total. The minimum absolute atomic E-state index is 0.128. The number of aromatic nitrogens is 1. The van der Waals surface area contributed by atoms with Crippen molar-refractivity contribution >= 4 is 23.7 Å². The Morgan fingerprint density at radius 1 is 1.61 bits per heavy atom. The summed E-state index contributed by atoms with van der Waals surface area (Å²) in [7, 11) is 0. The normalized spacial score (nSPS) is 18.6. The molecule has 0 fully saturated rings. The van der Waals surface area contributed by atoms with E-state index < -0.39 is 11.8 Å². The van der Waals surface area contributed by atoms with Crippen LogP contribution < -0.4 is 10.9 Å². The van der Waals surface area contributed by atoms with E-state index >= 15 is 0 Å². The molecular formula is C11H11N5O2. The van der Waals surface area contributed by atoms with E-state index in [2.05, 4.69) is 26.0 Å². The van der Waals surface area contributed by atoms with Gasteiger partial charge in [0.25, 0.3) is 5.91 Å². The van der Waals surface area contributed by atoms with Gasteiger partial charge in [-0.25, -0.2) is 10.9 Å². The van der Waals surface area contributed by atoms with E-state index in [1.54, 1.807) is 31.5 Å². The number of carbonyl (C=O) groups is 2. The minimum Gasteiger partial charge on any atom is -0.272 e. The molecule has 0 aliphatic carbocycles. The number of amides is 2. The lowest BCUT2D eigenvalue weighted by Crippen LogP contribution is -2.32. The second kappa shape index (κ2) is 5.17. The molecule has 0 radical (unpaired) electrons. The van der Waals surface area contributed by atoms with Crippen molar-refractivity contribution in [2.75, 3.05) is 0 Å². The molecule has 2 amide bonds. The van der Waals surface area contributed by atoms with Crippen LogP contribution in [0.15, 0.2) is 34.7 Å². The number of rotatable bonds is 3. The van der Waals surface area contributed by atoms with Crippen LogP contribution in [-0.4, -0.2) is 28.7 Å². The Labute approximate surface area is 103 Å². The number of hydrazone groups is 2. The van der Waals surface area contributed by atoms with Gasteiger partial charge in [0.05, 0.1) is 12.1 Å². The Bertz CT molecular complexity index is 523. The molecule has 2 N–H and O–H groups in total. The molecule has 0 saturated carbocycles. The highest BCUT2D eigenvalue weighted by Gasteiger charge is 2.30. The Morgan fingerprint density at radius 3 is 3.06 bits per heavy atom. The van der Waals surface area contributed by atoms with Crippen molar-refractivity contribution in [3.8, 4) is 0 Å². The molecule has 0 unspecified atom stereocenters. The molecular weight excluding hydrogens is 234 g/mol. The Kier molecular flexibility index (Phi) is 3.42. The maximum atomic E-state index is 11.6. The first-order chi connectivity index (χ1) is 8.68. The summed E-state index contributed by atoms with van der Waals surface area (Å²) in [5.41, 5.74) is 5.42. The lowest BCUT2D eigenvalue weighted by Gasteiger charge is -2.01. The standard InChI is InChI=1S/C11H11N5O2/c1-7-9(14-16-10(7)17)11(18)15-13-6-8-3-2-4-12-5-8/h2-7H,1H3,(H,15,18)(H,16,17)/b13-6-/t7-/m0/s1. The van der Waals surface area contributed by atoms with Crippen LogP contribution in [0.1, 0.15) is 12.5 Å². The molecule has 2 rings (SSSR count). The first kappa shape index (κ1) is 11.9. The number of pyridine rings is 1. The van der Waals surface area contributed by atoms with Crippen LogP contribution in [0, 0.1) is 5.92 Å². The van der Waals surface area contributed by atoms with E-state index in [0.29, 0.717) is 0 Å². The van der Waals surface area contributed by atoms with Crippen LogP contribution in [0.5, 0.6) is 0 Å². The zero-order valence-electron chi connectivity index (χ0n) is 9.62. The summed E-state index contributed by atoms with van der Waals surface area (Å²) in [6.45, 7) is 1.60. The summed E-state index contributed by atoms with van der Waals surface area (Å²) >= 11 is 0. The third kappa shape index (κ3) is 2.57. The number of hydrogen-bond acceptors (Lipinski definition) is 5. The van der Waals surface area contributed by atoms with Crippen LogP contribution in [0.4, 0.5) is 0 Å². The van der Waals surface area contributed by atoms with Gasteiger partial charge < -0.3 is 0 Å². The van der Waals surface area contributed by atoms with Crippen molar-refractivity contribution in [3.63, 3.8) is 0 Å². The SMILES string of the molecule is C[C@@H]1C(=O)NN=C1C(=O)N/N=C\c1cccnc1. The highest BCUT2D eigenvalue weighted by molar-refractivity contribution is 6.44. The largest absolute Gasteiger partial charge is 0.288 e. The molecule has 0 bridgehead atoms. The maximum absolute atomic E-state index is 11.6. The summed E-state index contributed by atoms with van der Waals surface area (Å²) in [5, 5.41) is 7.40. The summed E-state index contributed by atoms with van der Waals surface area (Å²) in [6.07, 6.45) is 4.71. The van der Waals surface area contributed by atoms with Crippen molar-refractivity contribution in [2.24, 2.45) is 16.1 Å². The highest BCUT2D eigenvalue weighted by atomic mass is 16.2. The second-order valence-electron chi connectivity index (χ2n) is 3.68. The summed E-state index contributed by atoms with van der Waals surface area (Å²) in [4.78, 5) is 26.7. The van der Waals surface area contributed by atoms with Gasteiger partial charge in [0.1, 0.15) is 5.71 Å². The lowest BCUT2D eigenvalue weighted by atomic mass is 10.1. The molecule has 2 heterocycles. The van der Waals surface area contributed by atoms with E-state index in [1.807, 2.05) is 0 Å². The molecule has 1 aromatic heterocycles. The topological polar surface area (TPSA) is 95.8 Å². The molecule has 1 atom stereocenters. The van der Waals surface area contributed by atoms with E-state index in [0.717, 1.165) is 5.56 Å². The van der Waals surface area contributed by atoms with Crippen molar-refractivity contribution in [3.05, 3.63) is 30.1 Å². The Balaban J connectivity index is 1.93. The molecule has 1 aliphatic heterocycles. The number of hydrogen-bond donors (Lipinski definition) is 2. The fourth-order valence-corrected chi connectivity index (χ4v) is 1.36. The van der Waals surface area contributed by atoms with Crippen LogP contribution in [0.3, 0.4) is 0 Å². The van der Waals surface area contributed by atoms with Gasteiger partial charge in [0.15, 0.2) is 0 Å². The predicted molar refractivity (Wildman–Crippen MR) is 64.7 cm³/mol. The van der Waals surface area contributed by atoms with E-state index in [9.17, 15) is 9.59 Å². The van der Waals surface area contributed by atoms with Crippen LogP contribution in [-0.2, 0) is 9.59 Å². The summed E-state index contributed by atoms with van der Waals surface area (Å²) in [6, 6.07) is 3.55. The molecule has 0 spiro atoms. The second-order valence-corrected chi connectivity index (χ2v) is 3.68. The van der Waals surface area contributed by atoms with Crippen LogP contribution in [0.25, 0.3) is 0 Å². The monoisotopic (exact) mass is 245 g/mol. The van der Waals surface area contributed by atoms with Crippen LogP contribution in [0.2, 0.25) is 0 Å². The third-order valence-corrected chi connectivity index (χ3v) is 2.39. The minimum atomic E-state index is -0.557. The quantitative estimate of drug-likeness (QED) is 0.563. The molecule has 0 aromatic carbocycles. The van der Waals surface area contributed by atoms with E-state index in [1.165, 1.54) is 6.21 Å². The third-order valence-electron chi connectivity index (χ3n) is 2.39. The van der Waals surface area contributed by atoms with Gasteiger partial charge in [0, 0.05) is 18.0 Å². The highest BCUT2D eigenvalue weighted by Crippen LogP contribution is 2.05. The molecule has 1 aliphatic rings. The van der Waals surface area contributed by atoms with Crippen LogP contribution >= 0.6 is 0 Å². The Hall–Kier alpha value is -2.57. The summed E-state index contributed by atoms with van der Waals surface area (Å²) in [5.74, 6) is -1.35. The Morgan fingerprint density at radius 2 is 2.44 bits per heavy atom. The van der Waals surface area contributed by atoms with Crippen molar-refractivity contribution in [1.82, 2.24) is 15.8 Å². The number of nitrogens with zero attached hydrogens (tertiary/aromatic N) is 3. The molecule has 92 valence electrons. The number of carbonyl (C=O) groups excluding carboxylic acids is 2. The van der Waals surface area contributed by atoms with Gasteiger partial charge in [0.2, 0.25) is 5.91 Å². The fraction of sp³-hybridized carbons (Fsp3) is 0.182. The average Bonchev–Trinajstić information content (AvgIpc) is 2.71. The zero-order valence-corrected chi connectivity index (χ0v) is 9.62. The first-order valence-electron chi connectivity index (χ1n) is 5.29. The lowest BCUT2D eigenvalue weighted by molar-refractivity contribution is -0.122. The molecule has 7 heteroatoms. The van der Waals surface area contributed by atoms with E-state index in [4.69, 9.17) is 0 Å². The fourth-order valence-electron chi connectivity index (χ4n) is 1.36. The van der Waals surface area contributed by atoms with Gasteiger partial charge in [-0.2, -0.15) is 10.2 Å². The van der Waals surface area contributed by atoms with E-state index in [-0.39, 0.29) is 11.6 Å². The average molecular weight is 245 g/mol. The van der Waals surface area contributed by atoms with Crippen molar-refractivity contribution < 1.29 is 9.59 Å². The van der Waals surface area contributed by atoms with Crippen molar-refractivity contribution in [1.29, 1.82) is 0 Å². The van der Waals surface area contributed by atoms with Gasteiger partial charge in [-0.3, -0.25) is 14.6 Å². The van der Waals surface area contributed by atoms with Gasteiger partial charge >= 0.3 is 0 Å². The summed E-state index contributed by atoms with van der Waals surface area (Å²) < 4.78 is 0. The zero-order chi connectivity index (χ0) is 13.0. The maximum Gasteiger partial charge on any atom is 0.288 e. The number of nitrogens with one attached hydrogen (secondary N) is 2. The van der Waals surface area contributed by atoms with Gasteiger partial charge in [-0.1, -0.05) is 6.07 Å². The molecule has 0 saturated heterocycles.